The van der Waals surface area contributed by atoms with E-state index in [4.69, 9.17) is 5.73 Å². The molecule has 0 aliphatic heterocycles. The molecule has 1 fully saturated rings. The first-order valence-electron chi connectivity index (χ1n) is 8.64. The molecule has 27 heavy (non-hydrogen) atoms. The molecule has 0 spiro atoms. The molecule has 3 aromatic rings. The number of hydrogen-bond donors (Lipinski definition) is 2. The molecule has 2 heterocycles. The highest BCUT2D eigenvalue weighted by molar-refractivity contribution is 5.91. The summed E-state index contributed by atoms with van der Waals surface area (Å²) in [4.78, 5) is 20.9. The lowest BCUT2D eigenvalue weighted by Gasteiger charge is -2.14. The number of nitrogens with zero attached hydrogens (tertiary/aromatic N) is 3. The number of benzene rings is 1. The molecule has 0 saturated heterocycles. The molecule has 2 atom stereocenters. The van der Waals surface area contributed by atoms with Gasteiger partial charge in [0.25, 0.3) is 0 Å². The third-order valence-electron chi connectivity index (χ3n) is 4.87. The molecule has 1 aromatic carbocycles. The van der Waals surface area contributed by atoms with Gasteiger partial charge in [-0.15, -0.1) is 24.8 Å². The summed E-state index contributed by atoms with van der Waals surface area (Å²) in [6, 6.07) is 9.75. The number of fused-ring (bicyclic) bond motifs is 1. The number of anilines is 1. The molecule has 0 bridgehead atoms. The first-order valence-corrected chi connectivity index (χ1v) is 8.64. The molecular weight excluding hydrogens is 385 g/mol. The minimum Gasteiger partial charge on any atom is -0.327 e. The van der Waals surface area contributed by atoms with Gasteiger partial charge in [0.2, 0.25) is 11.7 Å². The van der Waals surface area contributed by atoms with Crippen LogP contribution in [0.4, 0.5) is 5.69 Å². The third kappa shape index (κ3) is 4.77. The summed E-state index contributed by atoms with van der Waals surface area (Å²) >= 11 is 0. The van der Waals surface area contributed by atoms with Crippen LogP contribution in [-0.4, -0.2) is 26.3 Å². The maximum atomic E-state index is 12.2. The van der Waals surface area contributed by atoms with Crippen LogP contribution < -0.4 is 11.1 Å². The monoisotopic (exact) mass is 407 g/mol. The van der Waals surface area contributed by atoms with E-state index >= 15 is 0 Å². The number of aromatic nitrogens is 3. The SMILES string of the molecule is Cl.Cl.N[C@@H]1CCC[C@H]1CC(=O)Nc1ccc(-c2cn3cccnc3n2)cc1. The Labute approximate surface area is 170 Å². The third-order valence-corrected chi connectivity index (χ3v) is 4.87. The number of amides is 1. The van der Waals surface area contributed by atoms with Crippen LogP contribution >= 0.6 is 24.8 Å². The number of halogens is 2. The van der Waals surface area contributed by atoms with Crippen molar-refractivity contribution in [3.8, 4) is 11.3 Å². The van der Waals surface area contributed by atoms with Crippen LogP contribution in [0.25, 0.3) is 17.0 Å². The molecule has 1 amide bonds. The van der Waals surface area contributed by atoms with Crippen molar-refractivity contribution in [1.29, 1.82) is 0 Å². The summed E-state index contributed by atoms with van der Waals surface area (Å²) in [5, 5.41) is 2.96. The molecule has 6 nitrogen and oxygen atoms in total. The summed E-state index contributed by atoms with van der Waals surface area (Å²) in [5.41, 5.74) is 8.68. The first-order chi connectivity index (χ1) is 12.2. The van der Waals surface area contributed by atoms with Gasteiger partial charge in [-0.1, -0.05) is 18.6 Å². The standard InChI is InChI=1S/C19H21N5O.2ClH/c20-16-4-1-3-14(16)11-18(25)22-15-7-5-13(6-8-15)17-12-24-10-2-9-21-19(24)23-17;;/h2,5-10,12,14,16H,1,3-4,11,20H2,(H,22,25);2*1H/t14-,16+;;/m0../s1. The van der Waals surface area contributed by atoms with E-state index in [0.717, 1.165) is 36.2 Å². The number of rotatable bonds is 4. The van der Waals surface area contributed by atoms with Crippen molar-refractivity contribution in [3.63, 3.8) is 0 Å². The number of nitrogens with one attached hydrogen (secondary N) is 1. The molecule has 4 rings (SSSR count). The zero-order valence-electron chi connectivity index (χ0n) is 14.7. The lowest BCUT2D eigenvalue weighted by atomic mass is 10.00. The van der Waals surface area contributed by atoms with Gasteiger partial charge < -0.3 is 11.1 Å². The maximum absolute atomic E-state index is 12.2. The van der Waals surface area contributed by atoms with Crippen molar-refractivity contribution in [1.82, 2.24) is 14.4 Å². The van der Waals surface area contributed by atoms with Gasteiger partial charge in [-0.2, -0.15) is 0 Å². The zero-order chi connectivity index (χ0) is 17.2. The fourth-order valence-corrected chi connectivity index (χ4v) is 3.46. The van der Waals surface area contributed by atoms with Gasteiger partial charge in [-0.3, -0.25) is 9.20 Å². The predicted octanol–water partition coefficient (Wildman–Crippen LogP) is 3.70. The van der Waals surface area contributed by atoms with E-state index in [1.54, 1.807) is 6.20 Å². The molecule has 2 aromatic heterocycles. The number of carbonyl (C=O) groups excluding carboxylic acids is 1. The van der Waals surface area contributed by atoms with Crippen molar-refractivity contribution in [2.24, 2.45) is 11.7 Å². The van der Waals surface area contributed by atoms with Crippen LogP contribution in [0.5, 0.6) is 0 Å². The molecule has 1 aliphatic rings. The largest absolute Gasteiger partial charge is 0.327 e. The molecule has 0 radical (unpaired) electrons. The average molecular weight is 408 g/mol. The van der Waals surface area contributed by atoms with Crippen LogP contribution in [0, 0.1) is 5.92 Å². The minimum atomic E-state index is 0. The molecule has 1 saturated carbocycles. The van der Waals surface area contributed by atoms with Crippen molar-refractivity contribution < 1.29 is 4.79 Å². The molecule has 1 aliphatic carbocycles. The number of hydrogen-bond acceptors (Lipinski definition) is 4. The number of nitrogens with two attached hydrogens (primary N) is 1. The Morgan fingerprint density at radius 3 is 2.67 bits per heavy atom. The van der Waals surface area contributed by atoms with Crippen LogP contribution in [0.15, 0.2) is 48.9 Å². The number of imidazole rings is 1. The van der Waals surface area contributed by atoms with Crippen molar-refractivity contribution in [3.05, 3.63) is 48.9 Å². The summed E-state index contributed by atoms with van der Waals surface area (Å²) < 4.78 is 1.88. The van der Waals surface area contributed by atoms with E-state index in [0.29, 0.717) is 18.1 Å². The Morgan fingerprint density at radius 1 is 1.22 bits per heavy atom. The predicted molar refractivity (Wildman–Crippen MR) is 111 cm³/mol. The van der Waals surface area contributed by atoms with Crippen molar-refractivity contribution >= 4 is 42.2 Å². The molecule has 8 heteroatoms. The quantitative estimate of drug-likeness (QED) is 0.690. The van der Waals surface area contributed by atoms with Crippen LogP contribution in [0.3, 0.4) is 0 Å². The van der Waals surface area contributed by atoms with Crippen molar-refractivity contribution in [2.75, 3.05) is 5.32 Å². The topological polar surface area (TPSA) is 85.3 Å². The molecule has 144 valence electrons. The number of carbonyl (C=O) groups is 1. The lowest BCUT2D eigenvalue weighted by Crippen LogP contribution is -2.28. The smallest absolute Gasteiger partial charge is 0.234 e. The minimum absolute atomic E-state index is 0. The summed E-state index contributed by atoms with van der Waals surface area (Å²) in [5.74, 6) is 1.01. The second kappa shape index (κ2) is 9.17. The Morgan fingerprint density at radius 2 is 2.00 bits per heavy atom. The Bertz CT molecular complexity index is 864. The van der Waals surface area contributed by atoms with Gasteiger partial charge in [0.1, 0.15) is 0 Å². The van der Waals surface area contributed by atoms with E-state index in [2.05, 4.69) is 15.3 Å². The highest BCUT2D eigenvalue weighted by Crippen LogP contribution is 2.27. The highest BCUT2D eigenvalue weighted by atomic mass is 35.5. The van der Waals surface area contributed by atoms with Gasteiger partial charge in [0, 0.05) is 42.3 Å². The van der Waals surface area contributed by atoms with Gasteiger partial charge in [-0.05, 0) is 37.0 Å². The van der Waals surface area contributed by atoms with Gasteiger partial charge in [-0.25, -0.2) is 9.97 Å². The summed E-state index contributed by atoms with van der Waals surface area (Å²) in [7, 11) is 0. The fourth-order valence-electron chi connectivity index (χ4n) is 3.46. The Balaban J connectivity index is 0.00000131. The second-order valence-corrected chi connectivity index (χ2v) is 6.64. The molecule has 3 N–H and O–H groups in total. The fraction of sp³-hybridized carbons (Fsp3) is 0.316. The highest BCUT2D eigenvalue weighted by Gasteiger charge is 2.25. The summed E-state index contributed by atoms with van der Waals surface area (Å²) in [6.07, 6.45) is 9.29. The van der Waals surface area contributed by atoms with Gasteiger partial charge >= 0.3 is 0 Å². The Kier molecular flexibility index (Phi) is 7.18. The van der Waals surface area contributed by atoms with E-state index in [-0.39, 0.29) is 36.8 Å². The van der Waals surface area contributed by atoms with Crippen LogP contribution in [0.1, 0.15) is 25.7 Å². The average Bonchev–Trinajstić information content (AvgIpc) is 3.22. The maximum Gasteiger partial charge on any atom is 0.234 e. The van der Waals surface area contributed by atoms with Crippen LogP contribution in [-0.2, 0) is 4.79 Å². The molecule has 0 unspecified atom stereocenters. The van der Waals surface area contributed by atoms with E-state index in [1.165, 1.54) is 0 Å². The van der Waals surface area contributed by atoms with E-state index in [1.807, 2.05) is 47.1 Å². The van der Waals surface area contributed by atoms with Crippen LogP contribution in [0.2, 0.25) is 0 Å². The first kappa shape index (κ1) is 21.2. The summed E-state index contributed by atoms with van der Waals surface area (Å²) in [6.45, 7) is 0. The normalized spacial score (nSPS) is 18.6. The van der Waals surface area contributed by atoms with E-state index in [9.17, 15) is 4.79 Å². The van der Waals surface area contributed by atoms with Gasteiger partial charge in [0.15, 0.2) is 0 Å². The van der Waals surface area contributed by atoms with Crippen molar-refractivity contribution in [2.45, 2.75) is 31.7 Å². The second-order valence-electron chi connectivity index (χ2n) is 6.64. The van der Waals surface area contributed by atoms with Gasteiger partial charge in [0.05, 0.1) is 5.69 Å². The molecular formula is C19H23Cl2N5O. The van der Waals surface area contributed by atoms with E-state index < -0.39 is 0 Å². The zero-order valence-corrected chi connectivity index (χ0v) is 16.4. The Hall–Kier alpha value is -2.15. The lowest BCUT2D eigenvalue weighted by molar-refractivity contribution is -0.117.